The third-order valence-corrected chi connectivity index (χ3v) is 20.1. The third-order valence-electron chi connectivity index (χ3n) is 17.0. The fourth-order valence-electron chi connectivity index (χ4n) is 12.5. The van der Waals surface area contributed by atoms with Gasteiger partial charge in [-0.1, -0.05) is 17.7 Å². The van der Waals surface area contributed by atoms with E-state index in [-0.39, 0.29) is 16.0 Å². The van der Waals surface area contributed by atoms with Crippen LogP contribution in [0.2, 0.25) is 0 Å². The van der Waals surface area contributed by atoms with Crippen LogP contribution >= 0.6 is 11.8 Å². The van der Waals surface area contributed by atoms with E-state index >= 15 is 0 Å². The second kappa shape index (κ2) is 28.3. The van der Waals surface area contributed by atoms with Gasteiger partial charge in [-0.3, -0.25) is 4.18 Å². The molecule has 1 aromatic carbocycles. The van der Waals surface area contributed by atoms with Crippen molar-refractivity contribution in [1.29, 1.82) is 0 Å². The van der Waals surface area contributed by atoms with Crippen LogP contribution in [0.15, 0.2) is 17.0 Å². The van der Waals surface area contributed by atoms with Gasteiger partial charge in [0.2, 0.25) is 0 Å². The Bertz CT molecular complexity index is 2550. The first-order valence-corrected chi connectivity index (χ1v) is 30.8. The van der Waals surface area contributed by atoms with E-state index in [1.165, 1.54) is 13.8 Å². The van der Waals surface area contributed by atoms with Crippen LogP contribution in [0.25, 0.3) is 0 Å². The highest BCUT2D eigenvalue weighted by Gasteiger charge is 2.63. The lowest BCUT2D eigenvalue weighted by Crippen LogP contribution is -2.68. The number of benzene rings is 1. The Morgan fingerprint density at radius 2 is 0.591 bits per heavy atom. The highest BCUT2D eigenvalue weighted by molar-refractivity contribution is 8.07. The Hall–Kier alpha value is -1.80. The lowest BCUT2D eigenvalue weighted by Gasteiger charge is -2.50. The molecule has 35 nitrogen and oxygen atoms in total. The molecule has 0 spiro atoms. The van der Waals surface area contributed by atoms with Gasteiger partial charge in [-0.2, -0.15) is 8.42 Å². The Morgan fingerprint density at radius 1 is 0.341 bits per heavy atom. The molecule has 0 aromatic heterocycles. The van der Waals surface area contributed by atoms with Crippen LogP contribution in [0, 0.1) is 20.8 Å². The standard InChI is InChI=1S/C51H78O35S2/c1-13-4-14(2)44(15(3)5-13)88(70,71)86-41-33(69)39-21(11-57)77-50(41)85-40-22(12-58)78-51(43-42(40)87-43)84-38-20(10-56)76-48(32(68)27(38)63)82-36-18(8-54)74-46(30(66)25(36)61)80-34-16(6-52)72-45(28(64)23(34)59)79-35-17(7-53)73-47(29(65)24(35)60)81-37-19(9-55)75-49(83-39)31(67)26(37)62/h4-5,16-43,45-69H,6-12H2,1-3H3/t16-,17-,18-,19-,20-,21-,22-,23-,24-,25-,26-,27-,28-,29-,30-,31-,32-,33+,34-,35-,36-,37-,38-,39-,40-,41-,42-,43-,45-,46-,47-,48-,49-,50-,51-/m1/s1. The number of rotatable bonds is 10. The normalized spacial score (nSPS) is 50.4. The molecule has 14 bridgehead atoms. The summed E-state index contributed by atoms with van der Waals surface area (Å²) in [7, 11) is -4.96. The second-order valence-corrected chi connectivity index (χ2v) is 25.9. The van der Waals surface area contributed by atoms with E-state index in [4.69, 9.17) is 70.5 Å². The molecule has 88 heavy (non-hydrogen) atoms. The van der Waals surface area contributed by atoms with E-state index in [0.717, 1.165) is 11.8 Å². The lowest BCUT2D eigenvalue weighted by atomic mass is 9.95. The Labute approximate surface area is 505 Å². The minimum Gasteiger partial charge on any atom is -0.394 e. The summed E-state index contributed by atoms with van der Waals surface area (Å²) >= 11 is 1.12. The molecule has 0 saturated carbocycles. The van der Waals surface area contributed by atoms with Gasteiger partial charge in [-0.25, -0.2) is 0 Å². The monoisotopic (exact) mass is 1310 g/mol. The van der Waals surface area contributed by atoms with Crippen molar-refractivity contribution in [2.75, 3.05) is 46.2 Å². The summed E-state index contributed by atoms with van der Waals surface area (Å²) < 4.78 is 117. The number of fused-ring (bicyclic) bond motifs is 7. The molecule has 1 aromatic rings. The molecular weight excluding hydrogens is 1240 g/mol. The molecular formula is C51H78O35S2. The maximum Gasteiger partial charge on any atom is 0.298 e. The third kappa shape index (κ3) is 13.3. The van der Waals surface area contributed by atoms with Crippen LogP contribution in [-0.2, 0) is 80.6 Å². The van der Waals surface area contributed by atoms with Gasteiger partial charge in [0.1, 0.15) is 153 Å². The van der Waals surface area contributed by atoms with Crippen molar-refractivity contribution < 1.29 is 171 Å². The van der Waals surface area contributed by atoms with E-state index in [1.54, 1.807) is 19.1 Å². The van der Waals surface area contributed by atoms with Gasteiger partial charge in [-0.15, -0.1) is 11.8 Å². The zero-order chi connectivity index (χ0) is 63.7. The lowest BCUT2D eigenvalue weighted by molar-refractivity contribution is -0.396. The molecule has 0 aliphatic carbocycles. The molecule has 18 N–H and O–H groups in total. The first kappa shape index (κ1) is 69.0. The van der Waals surface area contributed by atoms with Crippen molar-refractivity contribution in [3.8, 4) is 0 Å². The number of thioether (sulfide) groups is 1. The van der Waals surface area contributed by atoms with Crippen molar-refractivity contribution in [2.24, 2.45) is 0 Å². The molecule has 16 aliphatic rings. The van der Waals surface area contributed by atoms with Crippen LogP contribution in [-0.4, -0.2) is 360 Å². The number of hydrogen-bond donors (Lipinski definition) is 18. The van der Waals surface area contributed by atoms with E-state index in [9.17, 15) is 100 Å². The highest BCUT2D eigenvalue weighted by Crippen LogP contribution is 2.54. The van der Waals surface area contributed by atoms with E-state index in [1.807, 2.05) is 0 Å². The topological polar surface area (TPSA) is 537 Å². The van der Waals surface area contributed by atoms with Crippen molar-refractivity contribution >= 4 is 21.9 Å². The second-order valence-electron chi connectivity index (χ2n) is 23.0. The Morgan fingerprint density at radius 3 is 0.898 bits per heavy atom. The van der Waals surface area contributed by atoms with E-state index < -0.39 is 270 Å². The average Bonchev–Trinajstić information content (AvgIpc) is 3.18. The zero-order valence-corrected chi connectivity index (χ0v) is 48.8. The number of hydrogen-bond acceptors (Lipinski definition) is 36. The molecule has 35 atom stereocenters. The van der Waals surface area contributed by atoms with Gasteiger partial charge in [0.05, 0.1) is 61.6 Å². The fraction of sp³-hybridized carbons (Fsp3) is 0.882. The Kier molecular flexibility index (Phi) is 22.2. The number of aliphatic hydroxyl groups is 18. The molecule has 16 fully saturated rings. The van der Waals surface area contributed by atoms with E-state index in [0.29, 0.717) is 5.56 Å². The van der Waals surface area contributed by atoms with Gasteiger partial charge in [0, 0.05) is 0 Å². The molecule has 16 heterocycles. The quantitative estimate of drug-likeness (QED) is 0.0764. The first-order chi connectivity index (χ1) is 41.8. The van der Waals surface area contributed by atoms with Crippen molar-refractivity contribution in [3.63, 3.8) is 0 Å². The summed E-state index contributed by atoms with van der Waals surface area (Å²) in [5.41, 5.74) is 1.14. The summed E-state index contributed by atoms with van der Waals surface area (Å²) in [6.07, 6.45) is -64.0. The summed E-state index contributed by atoms with van der Waals surface area (Å²) in [6.45, 7) is -2.33. The molecule has 0 unspecified atom stereocenters. The molecule has 17 rings (SSSR count). The maximum absolute atomic E-state index is 14.4. The number of ether oxygens (including phenoxy) is 14. The van der Waals surface area contributed by atoms with Crippen LogP contribution in [0.3, 0.4) is 0 Å². The van der Waals surface area contributed by atoms with Crippen LogP contribution in [0.5, 0.6) is 0 Å². The summed E-state index contributed by atoms with van der Waals surface area (Å²) in [5.74, 6) is 0. The average molecular weight is 1320 g/mol. The summed E-state index contributed by atoms with van der Waals surface area (Å²) in [4.78, 5) is -0.317. The van der Waals surface area contributed by atoms with Crippen molar-refractivity contribution in [3.05, 3.63) is 28.8 Å². The minimum atomic E-state index is -4.96. The van der Waals surface area contributed by atoms with Crippen LogP contribution in [0.1, 0.15) is 16.7 Å². The predicted molar refractivity (Wildman–Crippen MR) is 278 cm³/mol. The highest BCUT2D eigenvalue weighted by atomic mass is 32.2. The largest absolute Gasteiger partial charge is 0.394 e. The first-order valence-electron chi connectivity index (χ1n) is 28.4. The zero-order valence-electron chi connectivity index (χ0n) is 47.1. The number of aliphatic hydroxyl groups excluding tert-OH is 18. The van der Waals surface area contributed by atoms with Gasteiger partial charge in [-0.05, 0) is 31.9 Å². The smallest absolute Gasteiger partial charge is 0.298 e. The van der Waals surface area contributed by atoms with Crippen LogP contribution in [0.4, 0.5) is 0 Å². The van der Waals surface area contributed by atoms with Crippen molar-refractivity contribution in [2.45, 2.75) is 239 Å². The molecule has 16 aliphatic heterocycles. The summed E-state index contributed by atoms with van der Waals surface area (Å²) in [5, 5.41) is 200. The maximum atomic E-state index is 14.4. The minimum absolute atomic E-state index is 0.227. The predicted octanol–water partition coefficient (Wildman–Crippen LogP) is -11.1. The van der Waals surface area contributed by atoms with Crippen LogP contribution < -0.4 is 0 Å². The fourth-order valence-corrected chi connectivity index (χ4v) is 15.2. The molecule has 0 amide bonds. The van der Waals surface area contributed by atoms with Gasteiger partial charge in [0.15, 0.2) is 50.1 Å². The van der Waals surface area contributed by atoms with Gasteiger partial charge < -0.3 is 158 Å². The SMILES string of the molecule is Cc1cc(C)c(S(=O)(=O)O[C@H]2[C@H]3O[C@H]4[C@H]5S[C@H]5[C@@H](O[C@H]5[C@H](O)[C@@H](O)[C@@H](O[C@H]6[C@H](O)[C@@H](O)[C@@H](O[C@H]7[C@H](O)[C@@H](O)[C@@H](O[C@H]8[C@H](O)[C@@H](O)[C@@H](O[C@H]9[C@H](O)[C@@H](O)[C@@H](O[C@@H]([C@@H]2O)[C@@H](CO)O3)O[C@@H]9CO)O[C@@H]8CO)O[C@@H]7CO)O[C@@H]6CO)O[C@@H]5CO)O[C@@H]4CO)c(C)c1. The van der Waals surface area contributed by atoms with Crippen molar-refractivity contribution in [1.82, 2.24) is 0 Å². The van der Waals surface area contributed by atoms with E-state index in [2.05, 4.69) is 0 Å². The molecule has 0 radical (unpaired) electrons. The molecule has 16 saturated heterocycles. The number of aryl methyl sites for hydroxylation is 3. The van der Waals surface area contributed by atoms with Gasteiger partial charge in [0.25, 0.3) is 10.1 Å². The molecule has 37 heteroatoms. The Balaban J connectivity index is 0.969. The van der Waals surface area contributed by atoms with Gasteiger partial charge >= 0.3 is 0 Å². The molecule has 504 valence electrons. The summed E-state index contributed by atoms with van der Waals surface area (Å²) in [6, 6.07) is 3.11.